The van der Waals surface area contributed by atoms with E-state index in [2.05, 4.69) is 15.5 Å². The lowest BCUT2D eigenvalue weighted by atomic mass is 10.2. The summed E-state index contributed by atoms with van der Waals surface area (Å²) in [6, 6.07) is 9.48. The predicted octanol–water partition coefficient (Wildman–Crippen LogP) is 2.23. The van der Waals surface area contributed by atoms with E-state index in [1.54, 1.807) is 7.11 Å². The quantitative estimate of drug-likeness (QED) is 0.876. The van der Waals surface area contributed by atoms with Crippen LogP contribution >= 0.6 is 0 Å². The number of carbonyl (C=O) groups excluding carboxylic acids is 1. The van der Waals surface area contributed by atoms with E-state index in [9.17, 15) is 4.79 Å². The van der Waals surface area contributed by atoms with Crippen molar-refractivity contribution in [1.82, 2.24) is 15.5 Å². The summed E-state index contributed by atoms with van der Waals surface area (Å²) in [6.07, 6.45) is 2.38. The Balaban J connectivity index is 1.60. The Kier molecular flexibility index (Phi) is 3.41. The van der Waals surface area contributed by atoms with Gasteiger partial charge in [0.25, 0.3) is 5.91 Å². The molecule has 2 aromatic rings. The van der Waals surface area contributed by atoms with Crippen LogP contribution in [0.4, 0.5) is 0 Å². The summed E-state index contributed by atoms with van der Waals surface area (Å²) < 4.78 is 5.15. The van der Waals surface area contributed by atoms with E-state index in [4.69, 9.17) is 4.74 Å². The first-order valence-corrected chi connectivity index (χ1v) is 6.72. The SMILES string of the molecule is COc1cccc(CNC(=O)c2cc(C3CC3)[nH]n2)c1. The molecule has 1 amide bonds. The number of methoxy groups -OCH3 is 1. The molecule has 0 radical (unpaired) electrons. The number of rotatable bonds is 5. The highest BCUT2D eigenvalue weighted by Gasteiger charge is 2.26. The minimum Gasteiger partial charge on any atom is -0.497 e. The molecule has 5 nitrogen and oxygen atoms in total. The highest BCUT2D eigenvalue weighted by atomic mass is 16.5. The average molecular weight is 271 g/mol. The number of amides is 1. The van der Waals surface area contributed by atoms with E-state index in [0.29, 0.717) is 18.2 Å². The number of H-pyrrole nitrogens is 1. The molecule has 0 aliphatic heterocycles. The van der Waals surface area contributed by atoms with Crippen molar-refractivity contribution < 1.29 is 9.53 Å². The van der Waals surface area contributed by atoms with Crippen molar-refractivity contribution in [2.45, 2.75) is 25.3 Å². The third-order valence-corrected chi connectivity index (χ3v) is 3.43. The molecule has 0 bridgehead atoms. The number of nitrogens with zero attached hydrogens (tertiary/aromatic N) is 1. The van der Waals surface area contributed by atoms with Crippen LogP contribution in [0.2, 0.25) is 0 Å². The molecule has 1 saturated carbocycles. The first kappa shape index (κ1) is 12.7. The summed E-state index contributed by atoms with van der Waals surface area (Å²) in [4.78, 5) is 12.0. The van der Waals surface area contributed by atoms with Crippen LogP contribution in [0.3, 0.4) is 0 Å². The molecule has 5 heteroatoms. The number of ether oxygens (including phenoxy) is 1. The van der Waals surface area contributed by atoms with Crippen LogP contribution in [-0.2, 0) is 6.54 Å². The van der Waals surface area contributed by atoms with Gasteiger partial charge in [-0.25, -0.2) is 0 Å². The molecular formula is C15H17N3O2. The molecule has 0 unspecified atom stereocenters. The lowest BCUT2D eigenvalue weighted by Gasteiger charge is -2.05. The van der Waals surface area contributed by atoms with Crippen LogP contribution in [-0.4, -0.2) is 23.2 Å². The fourth-order valence-electron chi connectivity index (χ4n) is 2.11. The van der Waals surface area contributed by atoms with Crippen molar-refractivity contribution >= 4 is 5.91 Å². The van der Waals surface area contributed by atoms with Gasteiger partial charge >= 0.3 is 0 Å². The van der Waals surface area contributed by atoms with Gasteiger partial charge < -0.3 is 10.1 Å². The van der Waals surface area contributed by atoms with Gasteiger partial charge in [0.15, 0.2) is 0 Å². The predicted molar refractivity (Wildman–Crippen MR) is 74.7 cm³/mol. The van der Waals surface area contributed by atoms with Gasteiger partial charge in [-0.15, -0.1) is 0 Å². The maximum absolute atomic E-state index is 12.0. The summed E-state index contributed by atoms with van der Waals surface area (Å²) in [6.45, 7) is 0.460. The third kappa shape index (κ3) is 2.82. The molecule has 1 fully saturated rings. The van der Waals surface area contributed by atoms with Gasteiger partial charge in [-0.2, -0.15) is 5.10 Å². The molecular weight excluding hydrogens is 254 g/mol. The zero-order chi connectivity index (χ0) is 13.9. The van der Waals surface area contributed by atoms with Crippen molar-refractivity contribution in [3.63, 3.8) is 0 Å². The Morgan fingerprint density at radius 3 is 3.05 bits per heavy atom. The van der Waals surface area contributed by atoms with Crippen LogP contribution in [0.5, 0.6) is 5.75 Å². The van der Waals surface area contributed by atoms with Crippen LogP contribution in [0, 0.1) is 0 Å². The van der Waals surface area contributed by atoms with E-state index in [1.165, 1.54) is 12.8 Å². The van der Waals surface area contributed by atoms with Crippen molar-refractivity contribution in [2.24, 2.45) is 0 Å². The zero-order valence-electron chi connectivity index (χ0n) is 11.3. The molecule has 0 atom stereocenters. The fourth-order valence-corrected chi connectivity index (χ4v) is 2.11. The van der Waals surface area contributed by atoms with Crippen LogP contribution in [0.25, 0.3) is 0 Å². The second-order valence-electron chi connectivity index (χ2n) is 5.02. The van der Waals surface area contributed by atoms with Gasteiger partial charge in [-0.05, 0) is 36.6 Å². The number of aromatic nitrogens is 2. The lowest BCUT2D eigenvalue weighted by Crippen LogP contribution is -2.23. The van der Waals surface area contributed by atoms with Crippen molar-refractivity contribution in [3.05, 3.63) is 47.3 Å². The Morgan fingerprint density at radius 1 is 1.45 bits per heavy atom. The van der Waals surface area contributed by atoms with Crippen molar-refractivity contribution in [2.75, 3.05) is 7.11 Å². The number of carbonyl (C=O) groups is 1. The molecule has 0 spiro atoms. The van der Waals surface area contributed by atoms with Gasteiger partial charge in [-0.1, -0.05) is 12.1 Å². The van der Waals surface area contributed by atoms with Gasteiger partial charge in [-0.3, -0.25) is 9.89 Å². The molecule has 0 saturated heterocycles. The largest absolute Gasteiger partial charge is 0.497 e. The molecule has 1 aromatic carbocycles. The zero-order valence-corrected chi connectivity index (χ0v) is 11.3. The Bertz CT molecular complexity index is 617. The van der Waals surface area contributed by atoms with E-state index < -0.39 is 0 Å². The monoisotopic (exact) mass is 271 g/mol. The number of benzene rings is 1. The molecule has 1 heterocycles. The number of hydrogen-bond donors (Lipinski definition) is 2. The van der Waals surface area contributed by atoms with Gasteiger partial charge in [0.05, 0.1) is 7.11 Å². The summed E-state index contributed by atoms with van der Waals surface area (Å²) in [5.74, 6) is 1.20. The molecule has 3 rings (SSSR count). The van der Waals surface area contributed by atoms with Gasteiger partial charge in [0, 0.05) is 18.2 Å². The Labute approximate surface area is 117 Å². The molecule has 20 heavy (non-hydrogen) atoms. The second kappa shape index (κ2) is 5.36. The summed E-state index contributed by atoms with van der Waals surface area (Å²) in [5, 5.41) is 9.86. The number of aromatic amines is 1. The minimum absolute atomic E-state index is 0.157. The van der Waals surface area contributed by atoms with Crippen molar-refractivity contribution in [3.8, 4) is 5.75 Å². The lowest BCUT2D eigenvalue weighted by molar-refractivity contribution is 0.0946. The van der Waals surface area contributed by atoms with E-state index >= 15 is 0 Å². The smallest absolute Gasteiger partial charge is 0.272 e. The normalized spacial score (nSPS) is 14.1. The van der Waals surface area contributed by atoms with Crippen LogP contribution in [0.1, 0.15) is 40.5 Å². The van der Waals surface area contributed by atoms with Crippen molar-refractivity contribution in [1.29, 1.82) is 0 Å². The van der Waals surface area contributed by atoms with E-state index in [0.717, 1.165) is 17.0 Å². The second-order valence-corrected chi connectivity index (χ2v) is 5.02. The summed E-state index contributed by atoms with van der Waals surface area (Å²) in [7, 11) is 1.63. The molecule has 1 aliphatic carbocycles. The van der Waals surface area contributed by atoms with E-state index in [-0.39, 0.29) is 5.91 Å². The first-order valence-electron chi connectivity index (χ1n) is 6.72. The van der Waals surface area contributed by atoms with Gasteiger partial charge in [0.2, 0.25) is 0 Å². The topological polar surface area (TPSA) is 67.0 Å². The minimum atomic E-state index is -0.157. The van der Waals surface area contributed by atoms with E-state index in [1.807, 2.05) is 30.3 Å². The number of hydrogen-bond acceptors (Lipinski definition) is 3. The van der Waals surface area contributed by atoms with Gasteiger partial charge in [0.1, 0.15) is 11.4 Å². The fraction of sp³-hybridized carbons (Fsp3) is 0.333. The molecule has 2 N–H and O–H groups in total. The molecule has 104 valence electrons. The summed E-state index contributed by atoms with van der Waals surface area (Å²) >= 11 is 0. The Morgan fingerprint density at radius 2 is 2.30 bits per heavy atom. The highest BCUT2D eigenvalue weighted by molar-refractivity contribution is 5.92. The van der Waals surface area contributed by atoms with Crippen LogP contribution < -0.4 is 10.1 Å². The maximum Gasteiger partial charge on any atom is 0.272 e. The highest BCUT2D eigenvalue weighted by Crippen LogP contribution is 2.38. The average Bonchev–Trinajstić information content (AvgIpc) is 3.22. The first-order chi connectivity index (χ1) is 9.76. The molecule has 1 aromatic heterocycles. The van der Waals surface area contributed by atoms with Crippen LogP contribution in [0.15, 0.2) is 30.3 Å². The summed E-state index contributed by atoms with van der Waals surface area (Å²) in [5.41, 5.74) is 2.52. The number of nitrogens with one attached hydrogen (secondary N) is 2. The maximum atomic E-state index is 12.0. The Hall–Kier alpha value is -2.30. The third-order valence-electron chi connectivity index (χ3n) is 3.43. The standard InChI is InChI=1S/C15H17N3O2/c1-20-12-4-2-3-10(7-12)9-16-15(19)14-8-13(17-18-14)11-5-6-11/h2-4,7-8,11H,5-6,9H2,1H3,(H,16,19)(H,17,18). The molecule has 1 aliphatic rings.